The zero-order chi connectivity index (χ0) is 17.3. The summed E-state index contributed by atoms with van der Waals surface area (Å²) in [7, 11) is 0. The van der Waals surface area contributed by atoms with Crippen LogP contribution in [0.4, 0.5) is 0 Å². The molecule has 2 heterocycles. The molecular weight excluding hydrogens is 308 g/mol. The lowest BCUT2D eigenvalue weighted by molar-refractivity contribution is -0.377. The second-order valence-electron chi connectivity index (χ2n) is 6.70. The summed E-state index contributed by atoms with van der Waals surface area (Å²) in [6.45, 7) is 4.16. The van der Waals surface area contributed by atoms with E-state index < -0.39 is 11.7 Å². The first-order valence-corrected chi connectivity index (χ1v) is 8.20. The van der Waals surface area contributed by atoms with Crippen molar-refractivity contribution >= 4 is 5.91 Å². The van der Waals surface area contributed by atoms with Gasteiger partial charge in [0.15, 0.2) is 0 Å². The second-order valence-corrected chi connectivity index (χ2v) is 6.70. The van der Waals surface area contributed by atoms with E-state index in [4.69, 9.17) is 9.47 Å². The molecule has 1 aromatic carbocycles. The van der Waals surface area contributed by atoms with Crippen molar-refractivity contribution in [2.75, 3.05) is 19.8 Å². The van der Waals surface area contributed by atoms with Gasteiger partial charge in [-0.2, -0.15) is 5.26 Å². The Morgan fingerprint density at radius 3 is 2.92 bits per heavy atom. The number of carbonyl (C=O) groups excluding carboxylic acids is 1. The molecule has 2 atom stereocenters. The zero-order valence-electron chi connectivity index (χ0n) is 13.9. The van der Waals surface area contributed by atoms with Gasteiger partial charge in [-0.1, -0.05) is 0 Å². The van der Waals surface area contributed by atoms with Crippen LogP contribution in [-0.4, -0.2) is 42.3 Å². The third kappa shape index (κ3) is 2.85. The molecule has 2 aliphatic heterocycles. The quantitative estimate of drug-likeness (QED) is 0.827. The number of amides is 1. The Bertz CT molecular complexity index is 680. The fourth-order valence-electron chi connectivity index (χ4n) is 3.59. The van der Waals surface area contributed by atoms with Crippen LogP contribution in [0, 0.1) is 11.3 Å². The van der Waals surface area contributed by atoms with E-state index in [1.54, 1.807) is 23.1 Å². The first-order valence-electron chi connectivity index (χ1n) is 8.20. The number of benzene rings is 1. The monoisotopic (exact) mass is 329 g/mol. The van der Waals surface area contributed by atoms with Gasteiger partial charge in [-0.25, -0.2) is 0 Å². The minimum Gasteiger partial charge on any atom is -0.853 e. The van der Waals surface area contributed by atoms with Crippen molar-refractivity contribution in [2.24, 2.45) is 0 Å². The Labute approximate surface area is 141 Å². The summed E-state index contributed by atoms with van der Waals surface area (Å²) in [4.78, 5) is 14.2. The number of fused-ring (bicyclic) bond motifs is 1. The van der Waals surface area contributed by atoms with Crippen molar-refractivity contribution in [1.29, 1.82) is 5.26 Å². The van der Waals surface area contributed by atoms with Crippen LogP contribution in [0.1, 0.15) is 43.9 Å². The van der Waals surface area contributed by atoms with Gasteiger partial charge in [-0.15, -0.1) is 6.61 Å². The summed E-state index contributed by atoms with van der Waals surface area (Å²) in [5, 5.41) is 20.1. The highest BCUT2D eigenvalue weighted by atomic mass is 16.6. The molecule has 1 amide bonds. The minimum absolute atomic E-state index is 0.0588. The molecule has 6 nitrogen and oxygen atoms in total. The van der Waals surface area contributed by atoms with Crippen molar-refractivity contribution in [3.63, 3.8) is 0 Å². The molecule has 3 rings (SSSR count). The fourth-order valence-corrected chi connectivity index (χ4v) is 3.59. The number of rotatable bonds is 4. The average Bonchev–Trinajstić information content (AvgIpc) is 2.97. The molecule has 128 valence electrons. The summed E-state index contributed by atoms with van der Waals surface area (Å²) in [5.41, 5.74) is 0.597. The Kier molecular flexibility index (Phi) is 4.48. The third-order valence-electron chi connectivity index (χ3n) is 4.63. The lowest BCUT2D eigenvalue weighted by atomic mass is 9.84. The van der Waals surface area contributed by atoms with Crippen LogP contribution in [0.3, 0.4) is 0 Å². The van der Waals surface area contributed by atoms with Crippen LogP contribution in [0.5, 0.6) is 5.75 Å². The predicted octanol–water partition coefficient (Wildman–Crippen LogP) is 1.14. The van der Waals surface area contributed by atoms with Gasteiger partial charge >= 0.3 is 0 Å². The number of hydrogen-bond acceptors (Lipinski definition) is 5. The molecule has 1 fully saturated rings. The van der Waals surface area contributed by atoms with Gasteiger partial charge in [0.2, 0.25) is 5.91 Å². The lowest BCUT2D eigenvalue weighted by Crippen LogP contribution is -2.55. The highest BCUT2D eigenvalue weighted by molar-refractivity contribution is 5.79. The fraction of sp³-hybridized carbons (Fsp3) is 0.556. The Hall–Kier alpha value is -2.10. The SMILES string of the molecule is CC1(C)Oc2ccc(C#N)cc2C(N2CCCC2=O)C1OCC[O-]. The van der Waals surface area contributed by atoms with Gasteiger partial charge in [-0.3, -0.25) is 4.79 Å². The van der Waals surface area contributed by atoms with Gasteiger partial charge in [0.05, 0.1) is 17.7 Å². The van der Waals surface area contributed by atoms with Crippen molar-refractivity contribution in [1.82, 2.24) is 4.90 Å². The number of ether oxygens (including phenoxy) is 2. The van der Waals surface area contributed by atoms with E-state index in [2.05, 4.69) is 6.07 Å². The highest BCUT2D eigenvalue weighted by Gasteiger charge is 2.49. The van der Waals surface area contributed by atoms with Crippen molar-refractivity contribution in [2.45, 2.75) is 44.4 Å². The Morgan fingerprint density at radius 2 is 2.29 bits per heavy atom. The maximum absolute atomic E-state index is 12.4. The molecule has 0 N–H and O–H groups in total. The van der Waals surface area contributed by atoms with Gasteiger partial charge in [0.25, 0.3) is 0 Å². The van der Waals surface area contributed by atoms with E-state index in [-0.39, 0.29) is 25.2 Å². The molecule has 0 bridgehead atoms. The van der Waals surface area contributed by atoms with Crippen molar-refractivity contribution in [3.8, 4) is 11.8 Å². The molecular formula is C18H21N2O4-. The molecule has 1 aromatic rings. The Morgan fingerprint density at radius 1 is 1.50 bits per heavy atom. The van der Waals surface area contributed by atoms with Crippen LogP contribution >= 0.6 is 0 Å². The summed E-state index contributed by atoms with van der Waals surface area (Å²) in [6.07, 6.45) is 0.854. The van der Waals surface area contributed by atoms with Crippen molar-refractivity contribution < 1.29 is 19.4 Å². The van der Waals surface area contributed by atoms with Crippen LogP contribution in [0.2, 0.25) is 0 Å². The molecule has 24 heavy (non-hydrogen) atoms. The van der Waals surface area contributed by atoms with Gasteiger partial charge in [0.1, 0.15) is 17.5 Å². The van der Waals surface area contributed by atoms with E-state index in [1.165, 1.54) is 0 Å². The molecule has 0 spiro atoms. The number of hydrogen-bond donors (Lipinski definition) is 0. The normalized spacial score (nSPS) is 25.1. The molecule has 2 aliphatic rings. The summed E-state index contributed by atoms with van der Waals surface area (Å²) in [6, 6.07) is 7.01. The predicted molar refractivity (Wildman–Crippen MR) is 84.2 cm³/mol. The maximum Gasteiger partial charge on any atom is 0.223 e. The molecule has 1 saturated heterocycles. The van der Waals surface area contributed by atoms with Crippen LogP contribution in [-0.2, 0) is 9.53 Å². The molecule has 0 aliphatic carbocycles. The Balaban J connectivity index is 2.10. The third-order valence-corrected chi connectivity index (χ3v) is 4.63. The van der Waals surface area contributed by atoms with Crippen LogP contribution in [0.25, 0.3) is 0 Å². The highest BCUT2D eigenvalue weighted by Crippen LogP contribution is 2.45. The van der Waals surface area contributed by atoms with E-state index >= 15 is 0 Å². The molecule has 2 unspecified atom stereocenters. The number of nitriles is 1. The van der Waals surface area contributed by atoms with E-state index in [9.17, 15) is 15.2 Å². The topological polar surface area (TPSA) is 85.6 Å². The van der Waals surface area contributed by atoms with Gasteiger partial charge < -0.3 is 19.5 Å². The summed E-state index contributed by atoms with van der Waals surface area (Å²) >= 11 is 0. The lowest BCUT2D eigenvalue weighted by Gasteiger charge is -2.47. The van der Waals surface area contributed by atoms with Gasteiger partial charge in [-0.05, 0) is 38.5 Å². The standard InChI is InChI=1S/C18H21N2O4/c1-18(2)17(23-9-8-21)16(20-7-3-4-15(20)22)13-10-12(11-19)5-6-14(13)24-18/h5-6,10,16-17H,3-4,7-9H2,1-2H3/q-1. The molecule has 0 radical (unpaired) electrons. The molecule has 0 saturated carbocycles. The maximum atomic E-state index is 12.4. The first kappa shape index (κ1) is 16.7. The average molecular weight is 329 g/mol. The van der Waals surface area contributed by atoms with Crippen LogP contribution in [0.15, 0.2) is 18.2 Å². The second kappa shape index (κ2) is 6.42. The summed E-state index contributed by atoms with van der Waals surface area (Å²) < 4.78 is 11.9. The van der Waals surface area contributed by atoms with Gasteiger partial charge in [0, 0.05) is 25.1 Å². The van der Waals surface area contributed by atoms with E-state index in [0.29, 0.717) is 24.3 Å². The summed E-state index contributed by atoms with van der Waals surface area (Å²) in [5.74, 6) is 0.729. The smallest absolute Gasteiger partial charge is 0.223 e. The largest absolute Gasteiger partial charge is 0.853 e. The molecule has 6 heteroatoms. The van der Waals surface area contributed by atoms with Crippen molar-refractivity contribution in [3.05, 3.63) is 29.3 Å². The zero-order valence-corrected chi connectivity index (χ0v) is 13.9. The minimum atomic E-state index is -0.691. The number of likely N-dealkylation sites (tertiary alicyclic amines) is 1. The van der Waals surface area contributed by atoms with Crippen LogP contribution < -0.4 is 9.84 Å². The first-order chi connectivity index (χ1) is 11.5. The number of carbonyl (C=O) groups is 1. The van der Waals surface area contributed by atoms with E-state index in [1.807, 2.05) is 13.8 Å². The molecule has 0 aromatic heterocycles. The number of nitrogens with zero attached hydrogens (tertiary/aromatic N) is 2. The van der Waals surface area contributed by atoms with E-state index in [0.717, 1.165) is 12.0 Å².